The van der Waals surface area contributed by atoms with Crippen LogP contribution in [-0.4, -0.2) is 14.5 Å². The summed E-state index contributed by atoms with van der Waals surface area (Å²) in [4.78, 5) is 4.75. The van der Waals surface area contributed by atoms with Crippen LogP contribution in [0.5, 0.6) is 5.75 Å². The van der Waals surface area contributed by atoms with Crippen LogP contribution in [0.1, 0.15) is 25.3 Å². The standard InChI is InChI=1S/C22H20N4O/c1-15(2)16-9-11-17(12-10-16)21-22(26-13-4-3-8-20(26)23-21)25-24-18-6-5-7-19(27)14-18/h3-15,27H,1-2H3. The van der Waals surface area contributed by atoms with Crippen LogP contribution in [0.25, 0.3) is 16.9 Å². The minimum absolute atomic E-state index is 0.161. The van der Waals surface area contributed by atoms with Gasteiger partial charge in [-0.2, -0.15) is 0 Å². The van der Waals surface area contributed by atoms with Crippen LogP contribution in [0.15, 0.2) is 83.2 Å². The summed E-state index contributed by atoms with van der Waals surface area (Å²) in [6, 6.07) is 20.9. The maximum atomic E-state index is 9.63. The molecule has 134 valence electrons. The Hall–Kier alpha value is -3.47. The highest BCUT2D eigenvalue weighted by Gasteiger charge is 2.14. The number of hydrogen-bond acceptors (Lipinski definition) is 4. The Balaban J connectivity index is 1.82. The fourth-order valence-corrected chi connectivity index (χ4v) is 2.96. The number of imidazole rings is 1. The van der Waals surface area contributed by atoms with E-state index in [0.29, 0.717) is 17.4 Å². The molecule has 0 aliphatic heterocycles. The number of phenols is 1. The lowest BCUT2D eigenvalue weighted by Gasteiger charge is -2.06. The van der Waals surface area contributed by atoms with Gasteiger partial charge in [0.1, 0.15) is 17.1 Å². The molecule has 5 heteroatoms. The van der Waals surface area contributed by atoms with Crippen LogP contribution in [0.2, 0.25) is 0 Å². The SMILES string of the molecule is CC(C)c1ccc(-c2nc3ccccn3c2N=Nc2cccc(O)c2)cc1. The second-order valence-electron chi connectivity index (χ2n) is 6.71. The van der Waals surface area contributed by atoms with Gasteiger partial charge in [0.25, 0.3) is 0 Å². The second-order valence-corrected chi connectivity index (χ2v) is 6.71. The Morgan fingerprint density at radius 2 is 1.74 bits per heavy atom. The molecule has 0 fully saturated rings. The van der Waals surface area contributed by atoms with E-state index in [9.17, 15) is 5.11 Å². The maximum Gasteiger partial charge on any atom is 0.187 e. The van der Waals surface area contributed by atoms with E-state index >= 15 is 0 Å². The Morgan fingerprint density at radius 1 is 0.926 bits per heavy atom. The molecule has 27 heavy (non-hydrogen) atoms. The lowest BCUT2D eigenvalue weighted by atomic mass is 10.0. The second kappa shape index (κ2) is 7.03. The Kier molecular flexibility index (Phi) is 4.42. The highest BCUT2D eigenvalue weighted by atomic mass is 16.3. The van der Waals surface area contributed by atoms with Gasteiger partial charge in [-0.25, -0.2) is 4.98 Å². The summed E-state index contributed by atoms with van der Waals surface area (Å²) in [5, 5.41) is 18.4. The van der Waals surface area contributed by atoms with Gasteiger partial charge in [0, 0.05) is 17.8 Å². The van der Waals surface area contributed by atoms with Crippen LogP contribution >= 0.6 is 0 Å². The quantitative estimate of drug-likeness (QED) is 0.440. The molecule has 4 aromatic rings. The molecular weight excluding hydrogens is 336 g/mol. The molecule has 0 atom stereocenters. The van der Waals surface area contributed by atoms with Crippen molar-refractivity contribution >= 4 is 17.2 Å². The largest absolute Gasteiger partial charge is 0.508 e. The third-order valence-corrected chi connectivity index (χ3v) is 4.45. The Bertz CT molecular complexity index is 1110. The van der Waals surface area contributed by atoms with Crippen LogP contribution < -0.4 is 0 Å². The number of nitrogens with zero attached hydrogens (tertiary/aromatic N) is 4. The zero-order chi connectivity index (χ0) is 18.8. The number of azo groups is 1. The van der Waals surface area contributed by atoms with Crippen molar-refractivity contribution < 1.29 is 5.11 Å². The molecule has 0 spiro atoms. The van der Waals surface area contributed by atoms with Gasteiger partial charge in [-0.1, -0.05) is 50.2 Å². The van der Waals surface area contributed by atoms with E-state index in [2.05, 4.69) is 48.3 Å². The van der Waals surface area contributed by atoms with E-state index < -0.39 is 0 Å². The number of phenolic OH excluding ortho intramolecular Hbond substituents is 1. The third kappa shape index (κ3) is 3.44. The predicted molar refractivity (Wildman–Crippen MR) is 107 cm³/mol. The summed E-state index contributed by atoms with van der Waals surface area (Å²) in [5.41, 5.74) is 4.45. The predicted octanol–water partition coefficient (Wildman–Crippen LogP) is 6.25. The van der Waals surface area contributed by atoms with Gasteiger partial charge in [-0.05, 0) is 35.7 Å². The summed E-state index contributed by atoms with van der Waals surface area (Å²) in [5.74, 6) is 1.30. The van der Waals surface area contributed by atoms with E-state index in [-0.39, 0.29) is 5.75 Å². The summed E-state index contributed by atoms with van der Waals surface area (Å²) in [6.45, 7) is 4.35. The van der Waals surface area contributed by atoms with Crippen molar-refractivity contribution in [2.45, 2.75) is 19.8 Å². The molecule has 0 amide bonds. The number of rotatable bonds is 4. The van der Waals surface area contributed by atoms with E-state index in [1.165, 1.54) is 5.56 Å². The van der Waals surface area contributed by atoms with Gasteiger partial charge in [-0.3, -0.25) is 4.40 Å². The molecule has 4 rings (SSSR count). The molecule has 5 nitrogen and oxygen atoms in total. The molecule has 0 bridgehead atoms. The first-order chi connectivity index (χ1) is 13.1. The minimum Gasteiger partial charge on any atom is -0.508 e. The molecule has 0 aliphatic carbocycles. The zero-order valence-electron chi connectivity index (χ0n) is 15.2. The van der Waals surface area contributed by atoms with Gasteiger partial charge in [0.15, 0.2) is 5.82 Å². The van der Waals surface area contributed by atoms with E-state index in [1.54, 1.807) is 24.3 Å². The molecule has 2 aromatic carbocycles. The Morgan fingerprint density at radius 3 is 2.48 bits per heavy atom. The van der Waals surface area contributed by atoms with Crippen molar-refractivity contribution in [2.24, 2.45) is 10.2 Å². The third-order valence-electron chi connectivity index (χ3n) is 4.45. The number of pyridine rings is 1. The van der Waals surface area contributed by atoms with Crippen LogP contribution in [-0.2, 0) is 0 Å². The average molecular weight is 356 g/mol. The van der Waals surface area contributed by atoms with Gasteiger partial charge < -0.3 is 5.11 Å². The molecule has 0 aliphatic rings. The van der Waals surface area contributed by atoms with E-state index in [4.69, 9.17) is 4.98 Å². The van der Waals surface area contributed by atoms with Crippen LogP contribution in [0.4, 0.5) is 11.5 Å². The average Bonchev–Trinajstić information content (AvgIpc) is 3.05. The van der Waals surface area contributed by atoms with Crippen molar-refractivity contribution in [3.05, 3.63) is 78.5 Å². The minimum atomic E-state index is 0.161. The summed E-state index contributed by atoms with van der Waals surface area (Å²) in [6.07, 6.45) is 1.92. The number of hydrogen-bond donors (Lipinski definition) is 1. The molecular formula is C22H20N4O. The first-order valence-electron chi connectivity index (χ1n) is 8.90. The van der Waals surface area contributed by atoms with Crippen molar-refractivity contribution in [1.82, 2.24) is 9.38 Å². The van der Waals surface area contributed by atoms with Gasteiger partial charge >= 0.3 is 0 Å². The lowest BCUT2D eigenvalue weighted by molar-refractivity contribution is 0.475. The number of aromatic nitrogens is 2. The van der Waals surface area contributed by atoms with Gasteiger partial charge in [0.2, 0.25) is 0 Å². The summed E-state index contributed by atoms with van der Waals surface area (Å²) in [7, 11) is 0. The number of benzene rings is 2. The summed E-state index contributed by atoms with van der Waals surface area (Å²) >= 11 is 0. The highest BCUT2D eigenvalue weighted by Crippen LogP contribution is 2.33. The van der Waals surface area contributed by atoms with Crippen molar-refractivity contribution in [3.8, 4) is 17.0 Å². The molecule has 2 heterocycles. The topological polar surface area (TPSA) is 62.2 Å². The van der Waals surface area contributed by atoms with Crippen molar-refractivity contribution in [3.63, 3.8) is 0 Å². The van der Waals surface area contributed by atoms with Gasteiger partial charge in [0.05, 0.1) is 5.69 Å². The fourth-order valence-electron chi connectivity index (χ4n) is 2.96. The van der Waals surface area contributed by atoms with Crippen molar-refractivity contribution in [2.75, 3.05) is 0 Å². The van der Waals surface area contributed by atoms with Gasteiger partial charge in [-0.15, -0.1) is 10.2 Å². The van der Waals surface area contributed by atoms with E-state index in [0.717, 1.165) is 16.9 Å². The molecule has 0 unspecified atom stereocenters. The normalized spacial score (nSPS) is 11.7. The Labute approximate surface area is 157 Å². The van der Waals surface area contributed by atoms with Crippen LogP contribution in [0, 0.1) is 0 Å². The molecule has 2 aromatic heterocycles. The zero-order valence-corrected chi connectivity index (χ0v) is 15.2. The molecule has 0 saturated carbocycles. The molecule has 0 saturated heterocycles. The first kappa shape index (κ1) is 17.0. The maximum absolute atomic E-state index is 9.63. The lowest BCUT2D eigenvalue weighted by Crippen LogP contribution is -1.87. The number of fused-ring (bicyclic) bond motifs is 1. The smallest absolute Gasteiger partial charge is 0.187 e. The molecule has 1 N–H and O–H groups in total. The van der Waals surface area contributed by atoms with Crippen LogP contribution in [0.3, 0.4) is 0 Å². The number of aromatic hydroxyl groups is 1. The highest BCUT2D eigenvalue weighted by molar-refractivity contribution is 5.74. The summed E-state index contributed by atoms with van der Waals surface area (Å²) < 4.78 is 1.91. The molecule has 0 radical (unpaired) electrons. The van der Waals surface area contributed by atoms with Crippen molar-refractivity contribution in [1.29, 1.82) is 0 Å². The monoisotopic (exact) mass is 356 g/mol. The van der Waals surface area contributed by atoms with E-state index in [1.807, 2.05) is 28.8 Å². The first-order valence-corrected chi connectivity index (χ1v) is 8.90. The fraction of sp³-hybridized carbons (Fsp3) is 0.136.